The number of carbonyl (C=O) groups excluding carboxylic acids is 1. The van der Waals surface area contributed by atoms with Gasteiger partial charge in [-0.15, -0.1) is 0 Å². The Morgan fingerprint density at radius 1 is 1.50 bits per heavy atom. The second-order valence-corrected chi connectivity index (χ2v) is 6.57. The van der Waals surface area contributed by atoms with E-state index >= 15 is 0 Å². The predicted molar refractivity (Wildman–Crippen MR) is 60.7 cm³/mol. The molecule has 5 nitrogen and oxygen atoms in total. The molecular weight excluding hydrogens is 230 g/mol. The molecule has 1 saturated heterocycles. The van der Waals surface area contributed by atoms with E-state index < -0.39 is 15.6 Å². The predicted octanol–water partition coefficient (Wildman–Crippen LogP) is -0.350. The van der Waals surface area contributed by atoms with E-state index in [1.54, 1.807) is 4.90 Å². The zero-order valence-corrected chi connectivity index (χ0v) is 10.5. The van der Waals surface area contributed by atoms with E-state index in [2.05, 4.69) is 0 Å². The first-order valence-corrected chi connectivity index (χ1v) is 7.53. The molecule has 1 amide bonds. The maximum atomic E-state index is 11.6. The summed E-state index contributed by atoms with van der Waals surface area (Å²) in [7, 11) is -3.26. The van der Waals surface area contributed by atoms with Gasteiger partial charge in [-0.2, -0.15) is 0 Å². The van der Waals surface area contributed by atoms with Crippen molar-refractivity contribution >= 4 is 15.7 Å². The molecule has 0 aromatic carbocycles. The SMILES string of the molecule is CCC1CN(C(=O)CS(C)(=O)=O)CCC1O. The zero-order chi connectivity index (χ0) is 12.3. The van der Waals surface area contributed by atoms with E-state index in [-0.39, 0.29) is 17.9 Å². The number of hydrogen-bond donors (Lipinski definition) is 1. The van der Waals surface area contributed by atoms with Crippen LogP contribution >= 0.6 is 0 Å². The highest BCUT2D eigenvalue weighted by molar-refractivity contribution is 7.91. The van der Waals surface area contributed by atoms with Crippen LogP contribution in [-0.2, 0) is 14.6 Å². The molecule has 0 bridgehead atoms. The second kappa shape index (κ2) is 5.14. The number of aliphatic hydroxyl groups is 1. The molecule has 2 unspecified atom stereocenters. The zero-order valence-electron chi connectivity index (χ0n) is 9.72. The van der Waals surface area contributed by atoms with Crippen LogP contribution in [-0.4, -0.2) is 55.5 Å². The number of hydrogen-bond acceptors (Lipinski definition) is 4. The number of nitrogens with zero attached hydrogens (tertiary/aromatic N) is 1. The molecule has 1 aliphatic heterocycles. The topological polar surface area (TPSA) is 74.7 Å². The second-order valence-electron chi connectivity index (χ2n) is 4.43. The molecule has 1 heterocycles. The van der Waals surface area contributed by atoms with Gasteiger partial charge in [0.1, 0.15) is 5.75 Å². The Hall–Kier alpha value is -0.620. The first-order chi connectivity index (χ1) is 7.33. The largest absolute Gasteiger partial charge is 0.393 e. The van der Waals surface area contributed by atoms with E-state index in [4.69, 9.17) is 0 Å². The average Bonchev–Trinajstić information content (AvgIpc) is 2.15. The van der Waals surface area contributed by atoms with Crippen molar-refractivity contribution in [3.63, 3.8) is 0 Å². The van der Waals surface area contributed by atoms with Crippen molar-refractivity contribution in [2.45, 2.75) is 25.9 Å². The van der Waals surface area contributed by atoms with Gasteiger partial charge in [0.05, 0.1) is 6.10 Å². The molecule has 1 fully saturated rings. The third-order valence-electron chi connectivity index (χ3n) is 2.96. The number of sulfone groups is 1. The van der Waals surface area contributed by atoms with E-state index in [0.29, 0.717) is 19.5 Å². The minimum Gasteiger partial charge on any atom is -0.393 e. The lowest BCUT2D eigenvalue weighted by Gasteiger charge is -2.35. The molecule has 1 rings (SSSR count). The van der Waals surface area contributed by atoms with Crippen LogP contribution in [0.25, 0.3) is 0 Å². The third kappa shape index (κ3) is 3.75. The van der Waals surface area contributed by atoms with E-state index in [1.807, 2.05) is 6.92 Å². The molecule has 1 N–H and O–H groups in total. The highest BCUT2D eigenvalue weighted by Gasteiger charge is 2.29. The normalized spacial score (nSPS) is 26.8. The first kappa shape index (κ1) is 13.4. The number of piperidine rings is 1. The summed E-state index contributed by atoms with van der Waals surface area (Å²) in [5.74, 6) is -0.718. The first-order valence-electron chi connectivity index (χ1n) is 5.47. The molecule has 1 aliphatic rings. The Morgan fingerprint density at radius 2 is 2.12 bits per heavy atom. The molecule has 94 valence electrons. The monoisotopic (exact) mass is 249 g/mol. The molecule has 0 aliphatic carbocycles. The number of likely N-dealkylation sites (tertiary alicyclic amines) is 1. The molecule has 0 saturated carbocycles. The highest BCUT2D eigenvalue weighted by atomic mass is 32.2. The van der Waals surface area contributed by atoms with E-state index in [1.165, 1.54) is 0 Å². The number of rotatable bonds is 3. The number of aliphatic hydroxyl groups excluding tert-OH is 1. The summed E-state index contributed by atoms with van der Waals surface area (Å²) in [6.45, 7) is 2.87. The van der Waals surface area contributed by atoms with Crippen molar-refractivity contribution in [2.75, 3.05) is 25.1 Å². The Balaban J connectivity index is 2.59. The minimum atomic E-state index is -3.26. The summed E-state index contributed by atoms with van der Waals surface area (Å²) < 4.78 is 22.0. The van der Waals surface area contributed by atoms with E-state index in [9.17, 15) is 18.3 Å². The van der Waals surface area contributed by atoms with Crippen molar-refractivity contribution in [1.29, 1.82) is 0 Å². The smallest absolute Gasteiger partial charge is 0.237 e. The van der Waals surface area contributed by atoms with Crippen molar-refractivity contribution in [3.8, 4) is 0 Å². The maximum absolute atomic E-state index is 11.6. The Labute approximate surface area is 96.4 Å². The van der Waals surface area contributed by atoms with Gasteiger partial charge in [0.15, 0.2) is 9.84 Å². The van der Waals surface area contributed by atoms with Crippen LogP contribution in [0.4, 0.5) is 0 Å². The summed E-state index contributed by atoms with van der Waals surface area (Å²) in [6.07, 6.45) is 2.02. The van der Waals surface area contributed by atoms with Gasteiger partial charge in [0.2, 0.25) is 5.91 Å². The summed E-state index contributed by atoms with van der Waals surface area (Å²) >= 11 is 0. The molecule has 16 heavy (non-hydrogen) atoms. The lowest BCUT2D eigenvalue weighted by Crippen LogP contribution is -2.47. The maximum Gasteiger partial charge on any atom is 0.237 e. The molecule has 0 aromatic heterocycles. The summed E-state index contributed by atoms with van der Waals surface area (Å²) in [6, 6.07) is 0. The van der Waals surface area contributed by atoms with Crippen molar-refractivity contribution in [2.24, 2.45) is 5.92 Å². The lowest BCUT2D eigenvalue weighted by atomic mass is 9.92. The Kier molecular flexibility index (Phi) is 4.32. The van der Waals surface area contributed by atoms with Crippen LogP contribution in [0.2, 0.25) is 0 Å². The van der Waals surface area contributed by atoms with Crippen LogP contribution in [0.3, 0.4) is 0 Å². The molecular formula is C10H19NO4S. The van der Waals surface area contributed by atoms with Gasteiger partial charge >= 0.3 is 0 Å². The molecule has 0 spiro atoms. The van der Waals surface area contributed by atoms with Crippen LogP contribution in [0.1, 0.15) is 19.8 Å². The lowest BCUT2D eigenvalue weighted by molar-refractivity contribution is -0.132. The number of carbonyl (C=O) groups is 1. The fraction of sp³-hybridized carbons (Fsp3) is 0.900. The van der Waals surface area contributed by atoms with Gasteiger partial charge in [-0.05, 0) is 12.8 Å². The minimum absolute atomic E-state index is 0.0669. The van der Waals surface area contributed by atoms with E-state index in [0.717, 1.165) is 12.7 Å². The quantitative estimate of drug-likeness (QED) is 0.742. The molecule has 0 aromatic rings. The van der Waals surface area contributed by atoms with Gasteiger partial charge in [-0.3, -0.25) is 4.79 Å². The van der Waals surface area contributed by atoms with Crippen LogP contribution < -0.4 is 0 Å². The number of amides is 1. The fourth-order valence-electron chi connectivity index (χ4n) is 1.96. The highest BCUT2D eigenvalue weighted by Crippen LogP contribution is 2.20. The van der Waals surface area contributed by atoms with Crippen molar-refractivity contribution in [1.82, 2.24) is 4.90 Å². The molecule has 6 heteroatoms. The van der Waals surface area contributed by atoms with Crippen LogP contribution in [0.5, 0.6) is 0 Å². The van der Waals surface area contributed by atoms with Crippen LogP contribution in [0.15, 0.2) is 0 Å². The van der Waals surface area contributed by atoms with Crippen molar-refractivity contribution < 1.29 is 18.3 Å². The molecule has 0 radical (unpaired) electrons. The van der Waals surface area contributed by atoms with Gasteiger partial charge < -0.3 is 10.0 Å². The van der Waals surface area contributed by atoms with Gasteiger partial charge in [0.25, 0.3) is 0 Å². The van der Waals surface area contributed by atoms with Gasteiger partial charge in [-0.1, -0.05) is 6.92 Å². The Bertz CT molecular complexity index is 352. The van der Waals surface area contributed by atoms with Crippen molar-refractivity contribution in [3.05, 3.63) is 0 Å². The fourth-order valence-corrected chi connectivity index (χ4v) is 2.59. The average molecular weight is 249 g/mol. The summed E-state index contributed by atoms with van der Waals surface area (Å²) in [5.41, 5.74) is 0. The summed E-state index contributed by atoms with van der Waals surface area (Å²) in [5, 5.41) is 9.64. The van der Waals surface area contributed by atoms with Crippen LogP contribution in [0, 0.1) is 5.92 Å². The van der Waals surface area contributed by atoms with Gasteiger partial charge in [-0.25, -0.2) is 8.42 Å². The standard InChI is InChI=1S/C10H19NO4S/c1-3-8-6-11(5-4-9(8)12)10(13)7-16(2,14)15/h8-9,12H,3-7H2,1-2H3. The third-order valence-corrected chi connectivity index (χ3v) is 3.73. The van der Waals surface area contributed by atoms with Gasteiger partial charge in [0, 0.05) is 25.3 Å². The summed E-state index contributed by atoms with van der Waals surface area (Å²) in [4.78, 5) is 13.2. The molecule has 2 atom stereocenters. The Morgan fingerprint density at radius 3 is 2.62 bits per heavy atom.